The molecule has 0 spiro atoms. The molecule has 0 radical (unpaired) electrons. The number of halogens is 3. The Bertz CT molecular complexity index is 997. The smallest absolute Gasteiger partial charge is 0.322 e. The average Bonchev–Trinajstić information content (AvgIpc) is 3.08. The topological polar surface area (TPSA) is 46.1 Å². The normalized spacial score (nSPS) is 11.5. The van der Waals surface area contributed by atoms with Crippen LogP contribution >= 0.6 is 11.9 Å². The third kappa shape index (κ3) is 5.02. The van der Waals surface area contributed by atoms with Crippen LogP contribution in [0.1, 0.15) is 28.5 Å². The van der Waals surface area contributed by atoms with Gasteiger partial charge in [-0.2, -0.15) is 13.2 Å². The van der Waals surface area contributed by atoms with Crippen LogP contribution in [0, 0.1) is 6.92 Å². The third-order valence-corrected chi connectivity index (χ3v) is 5.13. The maximum atomic E-state index is 13.3. The second kappa shape index (κ2) is 8.75. The number of alkyl halides is 3. The summed E-state index contributed by atoms with van der Waals surface area (Å²) >= 11 is 1.49. The number of amides is 1. The SMILES string of the molecule is CCNSc1ccc(NC(=O)c2cc(C)n(-c3ccccc3C(F)(F)F)c2)cc1. The molecule has 8 heteroatoms. The number of nitrogens with one attached hydrogen (secondary N) is 2. The standard InChI is InChI=1S/C21H20F3N3OS/c1-3-25-29-17-10-8-16(9-11-17)26-20(28)15-12-14(2)27(13-15)19-7-5-4-6-18(19)21(22,23)24/h4-13,25H,3H2,1-2H3,(H,26,28). The van der Waals surface area contributed by atoms with Gasteiger partial charge in [0.05, 0.1) is 16.8 Å². The molecule has 0 atom stereocenters. The van der Waals surface area contributed by atoms with Crippen molar-refractivity contribution in [2.75, 3.05) is 11.9 Å². The average molecular weight is 419 g/mol. The van der Waals surface area contributed by atoms with Crippen LogP contribution in [0.25, 0.3) is 5.69 Å². The lowest BCUT2D eigenvalue weighted by molar-refractivity contribution is -0.137. The Morgan fingerprint density at radius 3 is 2.45 bits per heavy atom. The summed E-state index contributed by atoms with van der Waals surface area (Å²) in [6.45, 7) is 4.50. The highest BCUT2D eigenvalue weighted by atomic mass is 32.2. The molecule has 1 amide bonds. The van der Waals surface area contributed by atoms with Crippen LogP contribution in [-0.2, 0) is 6.18 Å². The van der Waals surface area contributed by atoms with Gasteiger partial charge in [0, 0.05) is 29.0 Å². The summed E-state index contributed by atoms with van der Waals surface area (Å²) in [5.41, 5.74) is 0.660. The van der Waals surface area contributed by atoms with Crippen molar-refractivity contribution in [2.45, 2.75) is 24.9 Å². The molecule has 3 aromatic rings. The van der Waals surface area contributed by atoms with Gasteiger partial charge < -0.3 is 9.88 Å². The number of aryl methyl sites for hydroxylation is 1. The number of benzene rings is 2. The van der Waals surface area contributed by atoms with Gasteiger partial charge in [0.25, 0.3) is 5.91 Å². The highest BCUT2D eigenvalue weighted by Gasteiger charge is 2.34. The number of nitrogens with zero attached hydrogens (tertiary/aromatic N) is 1. The summed E-state index contributed by atoms with van der Waals surface area (Å²) in [7, 11) is 0. The molecular formula is C21H20F3N3OS. The summed E-state index contributed by atoms with van der Waals surface area (Å²) in [6.07, 6.45) is -3.06. The fourth-order valence-electron chi connectivity index (χ4n) is 2.84. The molecule has 29 heavy (non-hydrogen) atoms. The molecule has 0 aliphatic heterocycles. The summed E-state index contributed by atoms with van der Waals surface area (Å²) in [6, 6.07) is 14.2. The number of rotatable bonds is 6. The van der Waals surface area contributed by atoms with Crippen LogP contribution in [0.4, 0.5) is 18.9 Å². The Kier molecular flexibility index (Phi) is 6.34. The Hall–Kier alpha value is -2.71. The van der Waals surface area contributed by atoms with E-state index in [-0.39, 0.29) is 17.2 Å². The number of aromatic nitrogens is 1. The van der Waals surface area contributed by atoms with E-state index in [2.05, 4.69) is 10.0 Å². The van der Waals surface area contributed by atoms with Crippen LogP contribution in [0.3, 0.4) is 0 Å². The van der Waals surface area contributed by atoms with Crippen molar-refractivity contribution in [2.24, 2.45) is 0 Å². The van der Waals surface area contributed by atoms with E-state index >= 15 is 0 Å². The van der Waals surface area contributed by atoms with Crippen molar-refractivity contribution in [1.29, 1.82) is 0 Å². The first-order chi connectivity index (χ1) is 13.8. The van der Waals surface area contributed by atoms with Crippen molar-refractivity contribution in [3.05, 3.63) is 77.6 Å². The predicted molar refractivity (Wildman–Crippen MR) is 109 cm³/mol. The molecule has 1 aromatic heterocycles. The van der Waals surface area contributed by atoms with E-state index in [0.717, 1.165) is 17.5 Å². The van der Waals surface area contributed by atoms with Crippen molar-refractivity contribution in [3.8, 4) is 5.69 Å². The number of anilines is 1. The Labute approximate surface area is 171 Å². The molecule has 0 saturated carbocycles. The number of carbonyl (C=O) groups is 1. The van der Waals surface area contributed by atoms with E-state index in [9.17, 15) is 18.0 Å². The van der Waals surface area contributed by atoms with Gasteiger partial charge in [-0.25, -0.2) is 0 Å². The van der Waals surface area contributed by atoms with E-state index in [4.69, 9.17) is 0 Å². The molecule has 0 aliphatic carbocycles. The van der Waals surface area contributed by atoms with Gasteiger partial charge in [-0.1, -0.05) is 19.1 Å². The van der Waals surface area contributed by atoms with Gasteiger partial charge in [0.1, 0.15) is 0 Å². The van der Waals surface area contributed by atoms with E-state index < -0.39 is 11.7 Å². The summed E-state index contributed by atoms with van der Waals surface area (Å²) in [4.78, 5) is 13.6. The maximum Gasteiger partial charge on any atom is 0.418 e. The molecular weight excluding hydrogens is 399 g/mol. The zero-order chi connectivity index (χ0) is 21.0. The van der Waals surface area contributed by atoms with Crippen LogP contribution in [0.15, 0.2) is 65.7 Å². The molecule has 152 valence electrons. The highest BCUT2D eigenvalue weighted by Crippen LogP contribution is 2.34. The molecule has 0 unspecified atom stereocenters. The summed E-state index contributed by atoms with van der Waals surface area (Å²) in [5, 5.41) is 2.77. The largest absolute Gasteiger partial charge is 0.418 e. The number of hydrogen-bond acceptors (Lipinski definition) is 3. The van der Waals surface area contributed by atoms with Crippen LogP contribution in [0.2, 0.25) is 0 Å². The lowest BCUT2D eigenvalue weighted by atomic mass is 10.1. The van der Waals surface area contributed by atoms with Crippen molar-refractivity contribution >= 4 is 23.5 Å². The van der Waals surface area contributed by atoms with Gasteiger partial charge in [-0.15, -0.1) is 0 Å². The van der Waals surface area contributed by atoms with Crippen LogP contribution in [-0.4, -0.2) is 17.0 Å². The molecule has 2 N–H and O–H groups in total. The van der Waals surface area contributed by atoms with Gasteiger partial charge in [0.15, 0.2) is 0 Å². The molecule has 0 aliphatic rings. The lowest BCUT2D eigenvalue weighted by Crippen LogP contribution is -2.12. The van der Waals surface area contributed by atoms with Gasteiger partial charge >= 0.3 is 6.18 Å². The molecule has 0 saturated heterocycles. The van der Waals surface area contributed by atoms with Crippen molar-refractivity contribution < 1.29 is 18.0 Å². The number of carbonyl (C=O) groups excluding carboxylic acids is 1. The second-order valence-corrected chi connectivity index (χ2v) is 7.30. The molecule has 3 rings (SSSR count). The van der Waals surface area contributed by atoms with E-state index in [1.165, 1.54) is 40.9 Å². The Morgan fingerprint density at radius 2 is 1.79 bits per heavy atom. The zero-order valence-electron chi connectivity index (χ0n) is 15.9. The van der Waals surface area contributed by atoms with Gasteiger partial charge in [0.2, 0.25) is 0 Å². The predicted octanol–water partition coefficient (Wildman–Crippen LogP) is 5.67. The second-order valence-electron chi connectivity index (χ2n) is 6.33. The minimum Gasteiger partial charge on any atom is -0.322 e. The fourth-order valence-corrected chi connectivity index (χ4v) is 3.43. The van der Waals surface area contributed by atoms with Crippen molar-refractivity contribution in [1.82, 2.24) is 9.29 Å². The van der Waals surface area contributed by atoms with E-state index in [1.807, 2.05) is 19.1 Å². The lowest BCUT2D eigenvalue weighted by Gasteiger charge is -2.14. The van der Waals surface area contributed by atoms with Gasteiger partial charge in [-0.05, 0) is 61.3 Å². The first kappa shape index (κ1) is 21.0. The number of para-hydroxylation sites is 1. The van der Waals surface area contributed by atoms with Crippen molar-refractivity contribution in [3.63, 3.8) is 0 Å². The van der Waals surface area contributed by atoms with Gasteiger partial charge in [-0.3, -0.25) is 9.52 Å². The first-order valence-electron chi connectivity index (χ1n) is 8.96. The summed E-state index contributed by atoms with van der Waals surface area (Å²) in [5.74, 6) is -0.386. The van der Waals surface area contributed by atoms with E-state index in [0.29, 0.717) is 11.4 Å². The number of hydrogen-bond donors (Lipinski definition) is 2. The zero-order valence-corrected chi connectivity index (χ0v) is 16.7. The minimum atomic E-state index is -4.48. The maximum absolute atomic E-state index is 13.3. The highest BCUT2D eigenvalue weighted by molar-refractivity contribution is 7.97. The third-order valence-electron chi connectivity index (χ3n) is 4.19. The Morgan fingerprint density at radius 1 is 1.10 bits per heavy atom. The molecule has 4 nitrogen and oxygen atoms in total. The van der Waals surface area contributed by atoms with E-state index in [1.54, 1.807) is 25.1 Å². The summed E-state index contributed by atoms with van der Waals surface area (Å²) < 4.78 is 44.5. The molecule has 2 aromatic carbocycles. The van der Waals surface area contributed by atoms with Crippen LogP contribution in [0.5, 0.6) is 0 Å². The molecule has 0 fully saturated rings. The Balaban J connectivity index is 1.81. The first-order valence-corrected chi connectivity index (χ1v) is 9.78. The quantitative estimate of drug-likeness (QED) is 0.506. The molecule has 1 heterocycles. The minimum absolute atomic E-state index is 0.0126. The monoisotopic (exact) mass is 419 g/mol. The fraction of sp³-hybridized carbons (Fsp3) is 0.190. The molecule has 0 bridgehead atoms. The van der Waals surface area contributed by atoms with Crippen LogP contribution < -0.4 is 10.0 Å².